The molecule has 0 unspecified atom stereocenters. The van der Waals surface area contributed by atoms with Gasteiger partial charge in [-0.25, -0.2) is 13.2 Å². The largest absolute Gasteiger partial charge is 0.478 e. The topological polar surface area (TPSA) is 109 Å². The third-order valence-electron chi connectivity index (χ3n) is 2.64. The van der Waals surface area contributed by atoms with Crippen LogP contribution in [0.2, 0.25) is 4.34 Å². The van der Waals surface area contributed by atoms with E-state index in [0.717, 1.165) is 11.3 Å². The second kappa shape index (κ2) is 5.55. The molecule has 0 aliphatic carbocycles. The summed E-state index contributed by atoms with van der Waals surface area (Å²) >= 11 is 6.80. The maximum Gasteiger partial charge on any atom is 0.335 e. The van der Waals surface area contributed by atoms with E-state index >= 15 is 0 Å². The highest BCUT2D eigenvalue weighted by Gasteiger charge is 2.20. The van der Waals surface area contributed by atoms with Crippen molar-refractivity contribution < 1.29 is 18.3 Å². The van der Waals surface area contributed by atoms with Crippen LogP contribution < -0.4 is 10.5 Å². The molecule has 0 aliphatic rings. The number of nitrogen functional groups attached to an aromatic ring is 1. The van der Waals surface area contributed by atoms with E-state index in [1.165, 1.54) is 24.3 Å². The Balaban J connectivity index is 2.35. The van der Waals surface area contributed by atoms with Crippen molar-refractivity contribution in [3.05, 3.63) is 39.7 Å². The number of sulfonamides is 1. The Morgan fingerprint density at radius 2 is 2.05 bits per heavy atom. The number of aryl methyl sites for hydroxylation is 1. The number of aromatic carboxylic acids is 1. The molecule has 4 N–H and O–H groups in total. The molecule has 0 aliphatic heterocycles. The quantitative estimate of drug-likeness (QED) is 0.737. The number of carbonyl (C=O) groups is 1. The summed E-state index contributed by atoms with van der Waals surface area (Å²) in [6.07, 6.45) is 0. The molecule has 2 rings (SSSR count). The van der Waals surface area contributed by atoms with Crippen molar-refractivity contribution in [3.8, 4) is 0 Å². The Hall–Kier alpha value is -1.77. The lowest BCUT2D eigenvalue weighted by Gasteiger charge is -2.09. The van der Waals surface area contributed by atoms with E-state index in [4.69, 9.17) is 22.4 Å². The molecule has 0 amide bonds. The van der Waals surface area contributed by atoms with Crippen molar-refractivity contribution >= 4 is 50.3 Å². The third-order valence-corrected chi connectivity index (χ3v) is 6.04. The molecular weight excluding hydrogens is 336 g/mol. The molecule has 112 valence electrons. The molecule has 1 aromatic heterocycles. The molecule has 1 heterocycles. The van der Waals surface area contributed by atoms with Crippen LogP contribution in [-0.4, -0.2) is 19.5 Å². The fraction of sp³-hybridized carbons (Fsp3) is 0.0833. The van der Waals surface area contributed by atoms with Crippen molar-refractivity contribution in [2.75, 3.05) is 10.5 Å². The summed E-state index contributed by atoms with van der Waals surface area (Å²) in [4.78, 5) is 10.8. The summed E-state index contributed by atoms with van der Waals surface area (Å²) in [7, 11) is -3.81. The highest BCUT2D eigenvalue weighted by Crippen LogP contribution is 2.32. The zero-order chi connectivity index (χ0) is 15.8. The molecule has 0 radical (unpaired) electrons. The minimum Gasteiger partial charge on any atom is -0.478 e. The first-order valence-electron chi connectivity index (χ1n) is 5.62. The van der Waals surface area contributed by atoms with Crippen molar-refractivity contribution in [2.45, 2.75) is 11.1 Å². The zero-order valence-corrected chi connectivity index (χ0v) is 13.1. The van der Waals surface area contributed by atoms with Gasteiger partial charge in [-0.15, -0.1) is 11.3 Å². The number of thiophene rings is 1. The summed E-state index contributed by atoms with van der Waals surface area (Å²) in [5, 5.41) is 8.84. The number of benzene rings is 1. The summed E-state index contributed by atoms with van der Waals surface area (Å²) in [6, 6.07) is 5.21. The van der Waals surface area contributed by atoms with Gasteiger partial charge in [0.2, 0.25) is 0 Å². The fourth-order valence-electron chi connectivity index (χ4n) is 1.55. The monoisotopic (exact) mass is 346 g/mol. The van der Waals surface area contributed by atoms with Gasteiger partial charge in [0.15, 0.2) is 0 Å². The van der Waals surface area contributed by atoms with Gasteiger partial charge in [0.25, 0.3) is 10.0 Å². The molecule has 0 spiro atoms. The van der Waals surface area contributed by atoms with Gasteiger partial charge in [-0.05, 0) is 36.8 Å². The van der Waals surface area contributed by atoms with E-state index in [2.05, 4.69) is 4.72 Å². The number of nitrogens with one attached hydrogen (secondary N) is 1. The molecule has 0 saturated carbocycles. The number of anilines is 2. The predicted octanol–water partition coefficient (Wildman–Crippen LogP) is 2.79. The lowest BCUT2D eigenvalue weighted by Crippen LogP contribution is -2.13. The number of nitrogens with two attached hydrogens (primary N) is 1. The maximum atomic E-state index is 12.2. The minimum absolute atomic E-state index is 0.0227. The fourth-order valence-corrected chi connectivity index (χ4v) is 4.34. The summed E-state index contributed by atoms with van der Waals surface area (Å²) in [5.41, 5.74) is 6.45. The van der Waals surface area contributed by atoms with Crippen LogP contribution in [0.4, 0.5) is 11.4 Å². The van der Waals surface area contributed by atoms with E-state index in [1.54, 1.807) is 6.92 Å². The molecule has 0 atom stereocenters. The Bertz CT molecular complexity index is 795. The van der Waals surface area contributed by atoms with E-state index in [9.17, 15) is 13.2 Å². The second-order valence-corrected chi connectivity index (χ2v) is 7.80. The molecule has 9 heteroatoms. The van der Waals surface area contributed by atoms with Gasteiger partial charge in [0.1, 0.15) is 4.21 Å². The molecule has 0 fully saturated rings. The Morgan fingerprint density at radius 3 is 2.52 bits per heavy atom. The van der Waals surface area contributed by atoms with Crippen molar-refractivity contribution in [3.63, 3.8) is 0 Å². The normalized spacial score (nSPS) is 11.3. The highest BCUT2D eigenvalue weighted by atomic mass is 35.5. The Morgan fingerprint density at radius 1 is 1.38 bits per heavy atom. The molecule has 6 nitrogen and oxygen atoms in total. The molecule has 1 aromatic carbocycles. The number of carboxylic acid groups (broad SMARTS) is 1. The van der Waals surface area contributed by atoms with Gasteiger partial charge < -0.3 is 10.8 Å². The first-order chi connectivity index (χ1) is 9.70. The van der Waals surface area contributed by atoms with Crippen LogP contribution in [0.1, 0.15) is 15.9 Å². The van der Waals surface area contributed by atoms with Crippen LogP contribution in [0.5, 0.6) is 0 Å². The third kappa shape index (κ3) is 3.29. The van der Waals surface area contributed by atoms with Crippen molar-refractivity contribution in [2.24, 2.45) is 0 Å². The highest BCUT2D eigenvalue weighted by molar-refractivity contribution is 7.94. The summed E-state index contributed by atoms with van der Waals surface area (Å²) in [6.45, 7) is 1.70. The first kappa shape index (κ1) is 15.6. The lowest BCUT2D eigenvalue weighted by molar-refractivity contribution is 0.0697. The van der Waals surface area contributed by atoms with Gasteiger partial charge >= 0.3 is 5.97 Å². The van der Waals surface area contributed by atoms with Crippen LogP contribution in [0.25, 0.3) is 0 Å². The summed E-state index contributed by atoms with van der Waals surface area (Å²) in [5.74, 6) is -1.14. The SMILES string of the molecule is Cc1cc(S(=O)(=O)Nc2ccc(C(=O)O)cc2N)sc1Cl. The second-order valence-electron chi connectivity index (χ2n) is 4.23. The Kier molecular flexibility index (Phi) is 4.13. The van der Waals surface area contributed by atoms with Gasteiger partial charge in [0, 0.05) is 0 Å². The van der Waals surface area contributed by atoms with E-state index in [0.29, 0.717) is 9.90 Å². The lowest BCUT2D eigenvalue weighted by atomic mass is 10.2. The molecule has 2 aromatic rings. The first-order valence-corrected chi connectivity index (χ1v) is 8.30. The molecule has 0 saturated heterocycles. The molecule has 0 bridgehead atoms. The van der Waals surface area contributed by atoms with E-state index < -0.39 is 16.0 Å². The number of hydrogen-bond donors (Lipinski definition) is 3. The van der Waals surface area contributed by atoms with Crippen LogP contribution in [0.15, 0.2) is 28.5 Å². The summed E-state index contributed by atoms with van der Waals surface area (Å²) < 4.78 is 27.2. The van der Waals surface area contributed by atoms with Crippen molar-refractivity contribution in [1.82, 2.24) is 0 Å². The van der Waals surface area contributed by atoms with Crippen LogP contribution in [-0.2, 0) is 10.0 Å². The standard InChI is InChI=1S/C12H11ClN2O4S2/c1-6-4-10(20-11(6)13)21(18,19)15-9-3-2-7(12(16)17)5-8(9)14/h2-5,15H,14H2,1H3,(H,16,17). The van der Waals surface area contributed by atoms with Gasteiger partial charge in [0.05, 0.1) is 21.3 Å². The van der Waals surface area contributed by atoms with Gasteiger partial charge in [-0.1, -0.05) is 11.6 Å². The van der Waals surface area contributed by atoms with E-state index in [-0.39, 0.29) is 21.1 Å². The average molecular weight is 347 g/mol. The molecule has 21 heavy (non-hydrogen) atoms. The van der Waals surface area contributed by atoms with E-state index in [1.807, 2.05) is 0 Å². The Labute approximate surface area is 130 Å². The predicted molar refractivity (Wildman–Crippen MR) is 82.7 cm³/mol. The molecular formula is C12H11ClN2O4S2. The maximum absolute atomic E-state index is 12.2. The number of rotatable bonds is 4. The van der Waals surface area contributed by atoms with Crippen LogP contribution in [0.3, 0.4) is 0 Å². The van der Waals surface area contributed by atoms with Crippen LogP contribution >= 0.6 is 22.9 Å². The van der Waals surface area contributed by atoms with Gasteiger partial charge in [-0.2, -0.15) is 0 Å². The number of hydrogen-bond acceptors (Lipinski definition) is 5. The zero-order valence-electron chi connectivity index (χ0n) is 10.8. The number of carboxylic acids is 1. The van der Waals surface area contributed by atoms with Crippen molar-refractivity contribution in [1.29, 1.82) is 0 Å². The van der Waals surface area contributed by atoms with Crippen LogP contribution in [0, 0.1) is 6.92 Å². The van der Waals surface area contributed by atoms with Gasteiger partial charge in [-0.3, -0.25) is 4.72 Å². The minimum atomic E-state index is -3.81. The average Bonchev–Trinajstić information content (AvgIpc) is 2.72. The number of halogens is 1. The smallest absolute Gasteiger partial charge is 0.335 e.